The van der Waals surface area contributed by atoms with Crippen LogP contribution in [0.25, 0.3) is 0 Å². The molecule has 1 fully saturated rings. The van der Waals surface area contributed by atoms with Crippen molar-refractivity contribution in [2.24, 2.45) is 5.92 Å². The van der Waals surface area contributed by atoms with Gasteiger partial charge in [0.05, 0.1) is 18.0 Å². The van der Waals surface area contributed by atoms with Crippen LogP contribution in [0.1, 0.15) is 29.6 Å². The molecule has 27 heavy (non-hydrogen) atoms. The van der Waals surface area contributed by atoms with Crippen LogP contribution in [0.15, 0.2) is 48.5 Å². The van der Waals surface area contributed by atoms with Gasteiger partial charge in [-0.25, -0.2) is 4.39 Å². The first kappa shape index (κ1) is 18.0. The molecule has 2 aromatic carbocycles. The largest absolute Gasteiger partial charge is 0.366 e. The Labute approximate surface area is 160 Å². The molecule has 0 aliphatic carbocycles. The Morgan fingerprint density at radius 2 is 1.78 bits per heavy atom. The number of carbonyl (C=O) groups excluding carboxylic acids is 1. The molecule has 0 atom stereocenters. The van der Waals surface area contributed by atoms with E-state index < -0.39 is 0 Å². The highest BCUT2D eigenvalue weighted by atomic mass is 19.1. The number of fused-ring (bicyclic) bond motifs is 1. The van der Waals surface area contributed by atoms with Gasteiger partial charge in [0.2, 0.25) is 0 Å². The third-order valence-electron chi connectivity index (χ3n) is 5.69. The fourth-order valence-electron chi connectivity index (χ4n) is 4.12. The summed E-state index contributed by atoms with van der Waals surface area (Å²) in [7, 11) is 0. The second kappa shape index (κ2) is 8.09. The van der Waals surface area contributed by atoms with Gasteiger partial charge in [-0.05, 0) is 75.3 Å². The van der Waals surface area contributed by atoms with E-state index in [-0.39, 0.29) is 17.5 Å². The molecule has 2 aliphatic rings. The molecule has 0 spiro atoms. The summed E-state index contributed by atoms with van der Waals surface area (Å²) in [6, 6.07) is 14.4. The molecule has 0 saturated carbocycles. The lowest BCUT2D eigenvalue weighted by atomic mass is 9.89. The van der Waals surface area contributed by atoms with E-state index >= 15 is 0 Å². The van der Waals surface area contributed by atoms with Gasteiger partial charge in [0, 0.05) is 18.0 Å². The van der Waals surface area contributed by atoms with E-state index in [1.807, 2.05) is 0 Å². The molecule has 2 heterocycles. The minimum Gasteiger partial charge on any atom is -0.366 e. The number of halogens is 1. The summed E-state index contributed by atoms with van der Waals surface area (Å²) >= 11 is 0. The maximum Gasteiger partial charge on any atom is 0.166 e. The highest BCUT2D eigenvalue weighted by molar-refractivity contribution is 5.97. The lowest BCUT2D eigenvalue weighted by Crippen LogP contribution is -2.38. The van der Waals surface area contributed by atoms with Crippen molar-refractivity contribution in [2.45, 2.75) is 19.3 Å². The minimum absolute atomic E-state index is 0.0707. The summed E-state index contributed by atoms with van der Waals surface area (Å²) in [5.74, 6) is -0.0621. The van der Waals surface area contributed by atoms with E-state index in [1.165, 1.54) is 23.5 Å². The third kappa shape index (κ3) is 4.14. The van der Waals surface area contributed by atoms with Crippen LogP contribution >= 0.6 is 0 Å². The lowest BCUT2D eigenvalue weighted by Gasteiger charge is -2.31. The number of Topliss-reactive ketones (excluding diaryl/α,β-unsaturated/α-hetero) is 1. The molecule has 0 aromatic heterocycles. The van der Waals surface area contributed by atoms with Gasteiger partial charge in [-0.1, -0.05) is 12.1 Å². The molecule has 0 unspecified atom stereocenters. The number of rotatable bonds is 6. The van der Waals surface area contributed by atoms with Crippen LogP contribution in [0.4, 0.5) is 15.8 Å². The summed E-state index contributed by atoms with van der Waals surface area (Å²) in [5.41, 5.74) is 3.15. The molecule has 1 N–H and O–H groups in total. The predicted molar refractivity (Wildman–Crippen MR) is 107 cm³/mol. The number of nitrogens with one attached hydrogen (secondary N) is 1. The number of piperidine rings is 1. The van der Waals surface area contributed by atoms with Crippen molar-refractivity contribution in [3.8, 4) is 0 Å². The zero-order chi connectivity index (χ0) is 18.6. The van der Waals surface area contributed by atoms with Crippen LogP contribution in [0.2, 0.25) is 0 Å². The number of benzene rings is 2. The summed E-state index contributed by atoms with van der Waals surface area (Å²) in [6.07, 6.45) is 2.90. The first-order valence-electron chi connectivity index (χ1n) is 9.81. The molecule has 2 aromatic rings. The van der Waals surface area contributed by atoms with Gasteiger partial charge in [0.1, 0.15) is 5.82 Å². The number of likely N-dealkylation sites (tertiary alicyclic amines) is 1. The van der Waals surface area contributed by atoms with Gasteiger partial charge in [0.15, 0.2) is 5.78 Å². The first-order valence-corrected chi connectivity index (χ1v) is 9.81. The molecule has 142 valence electrons. The van der Waals surface area contributed by atoms with Gasteiger partial charge in [-0.2, -0.15) is 0 Å². The Balaban J connectivity index is 1.21. The van der Waals surface area contributed by atoms with E-state index in [4.69, 9.17) is 0 Å². The van der Waals surface area contributed by atoms with E-state index in [0.717, 1.165) is 52.1 Å². The van der Waals surface area contributed by atoms with Gasteiger partial charge in [-0.3, -0.25) is 4.79 Å². The molecular formula is C22H26FN3O. The van der Waals surface area contributed by atoms with Crippen LogP contribution in [0.3, 0.4) is 0 Å². The molecule has 4 nitrogen and oxygen atoms in total. The molecular weight excluding hydrogens is 341 g/mol. The average molecular weight is 367 g/mol. The fraction of sp³-hybridized carbons (Fsp3) is 0.409. The van der Waals surface area contributed by atoms with Crippen LogP contribution in [-0.2, 0) is 0 Å². The first-order chi connectivity index (χ1) is 13.2. The topological polar surface area (TPSA) is 35.6 Å². The highest BCUT2D eigenvalue weighted by Gasteiger charge is 2.26. The molecule has 4 rings (SSSR count). The predicted octanol–water partition coefficient (Wildman–Crippen LogP) is 4.00. The Kier molecular flexibility index (Phi) is 5.39. The van der Waals surface area contributed by atoms with Crippen LogP contribution < -0.4 is 10.2 Å². The standard InChI is InChI=1S/C22H26FN3O/c23-19-8-6-17(7-9-19)22(27)18-10-14-25(15-11-18)12-3-13-26-16-24-20-4-1-2-5-21(20)26/h1-2,4-9,18,24H,3,10-16H2. The monoisotopic (exact) mass is 367 g/mol. The molecule has 0 radical (unpaired) electrons. The van der Waals surface area contributed by atoms with Crippen molar-refractivity contribution in [2.75, 3.05) is 43.1 Å². The number of hydrogen-bond donors (Lipinski definition) is 1. The van der Waals surface area contributed by atoms with Crippen molar-refractivity contribution in [1.82, 2.24) is 4.90 Å². The minimum atomic E-state index is -0.294. The molecule has 0 amide bonds. The van der Waals surface area contributed by atoms with Crippen LogP contribution in [0.5, 0.6) is 0 Å². The number of anilines is 2. The summed E-state index contributed by atoms with van der Waals surface area (Å²) in [5, 5.41) is 3.43. The van der Waals surface area contributed by atoms with E-state index in [1.54, 1.807) is 12.1 Å². The van der Waals surface area contributed by atoms with Gasteiger partial charge in [-0.15, -0.1) is 0 Å². The average Bonchev–Trinajstić information content (AvgIpc) is 3.12. The third-order valence-corrected chi connectivity index (χ3v) is 5.69. The Morgan fingerprint density at radius 3 is 2.56 bits per heavy atom. The zero-order valence-corrected chi connectivity index (χ0v) is 15.5. The van der Waals surface area contributed by atoms with E-state index in [2.05, 4.69) is 39.4 Å². The summed E-state index contributed by atoms with van der Waals surface area (Å²) in [4.78, 5) is 17.4. The van der Waals surface area contributed by atoms with Crippen LogP contribution in [0, 0.1) is 11.7 Å². The molecule has 1 saturated heterocycles. The lowest BCUT2D eigenvalue weighted by molar-refractivity contribution is 0.0840. The number of nitrogens with zero attached hydrogens (tertiary/aromatic N) is 2. The zero-order valence-electron chi connectivity index (χ0n) is 15.5. The number of carbonyl (C=O) groups is 1. The highest BCUT2D eigenvalue weighted by Crippen LogP contribution is 2.30. The second-order valence-electron chi connectivity index (χ2n) is 7.46. The van der Waals surface area contributed by atoms with Gasteiger partial charge < -0.3 is 15.1 Å². The van der Waals surface area contributed by atoms with Crippen molar-refractivity contribution < 1.29 is 9.18 Å². The smallest absolute Gasteiger partial charge is 0.166 e. The number of hydrogen-bond acceptors (Lipinski definition) is 4. The Hall–Kier alpha value is -2.40. The maximum absolute atomic E-state index is 13.0. The van der Waals surface area contributed by atoms with Gasteiger partial charge in [0.25, 0.3) is 0 Å². The summed E-state index contributed by atoms with van der Waals surface area (Å²) in [6.45, 7) is 4.92. The Bertz CT molecular complexity index is 784. The number of ketones is 1. The fourth-order valence-corrected chi connectivity index (χ4v) is 4.12. The van der Waals surface area contributed by atoms with Crippen molar-refractivity contribution in [3.63, 3.8) is 0 Å². The molecule has 0 bridgehead atoms. The normalized spacial score (nSPS) is 17.6. The molecule has 2 aliphatic heterocycles. The SMILES string of the molecule is O=C(c1ccc(F)cc1)C1CCN(CCCN2CNc3ccccc32)CC1. The molecule has 5 heteroatoms. The van der Waals surface area contributed by atoms with Gasteiger partial charge >= 0.3 is 0 Å². The van der Waals surface area contributed by atoms with Crippen molar-refractivity contribution in [3.05, 3.63) is 59.9 Å². The number of para-hydroxylation sites is 2. The van der Waals surface area contributed by atoms with E-state index in [9.17, 15) is 9.18 Å². The van der Waals surface area contributed by atoms with Crippen molar-refractivity contribution in [1.29, 1.82) is 0 Å². The second-order valence-corrected chi connectivity index (χ2v) is 7.46. The van der Waals surface area contributed by atoms with Crippen molar-refractivity contribution >= 4 is 17.2 Å². The Morgan fingerprint density at radius 1 is 1.04 bits per heavy atom. The maximum atomic E-state index is 13.0. The van der Waals surface area contributed by atoms with E-state index in [0.29, 0.717) is 5.56 Å². The summed E-state index contributed by atoms with van der Waals surface area (Å²) < 4.78 is 13.0. The van der Waals surface area contributed by atoms with Crippen LogP contribution in [-0.4, -0.2) is 43.5 Å². The quantitative estimate of drug-likeness (QED) is 0.783.